The van der Waals surface area contributed by atoms with Gasteiger partial charge < -0.3 is 5.11 Å². The van der Waals surface area contributed by atoms with Crippen LogP contribution in [0.4, 0.5) is 0 Å². The number of rotatable bonds is 4. The molecule has 32 heavy (non-hydrogen) atoms. The van der Waals surface area contributed by atoms with Gasteiger partial charge >= 0.3 is 0 Å². The fourth-order valence-electron chi connectivity index (χ4n) is 8.43. The van der Waals surface area contributed by atoms with Gasteiger partial charge in [-0.15, -0.1) is 0 Å². The summed E-state index contributed by atoms with van der Waals surface area (Å²) in [5, 5.41) is 10.7. The summed E-state index contributed by atoms with van der Waals surface area (Å²) in [6, 6.07) is 8.97. The Morgan fingerprint density at radius 1 is 0.969 bits per heavy atom. The van der Waals surface area contributed by atoms with Gasteiger partial charge in [-0.1, -0.05) is 43.7 Å². The number of benzene rings is 1. The predicted octanol–water partition coefficient (Wildman–Crippen LogP) is 6.18. The molecule has 3 saturated carbocycles. The fraction of sp³-hybridized carbons (Fsp3) is 0.714. The molecular weight excluding hydrogens is 416 g/mol. The summed E-state index contributed by atoms with van der Waals surface area (Å²) in [6.07, 6.45) is 12.2. The third-order valence-electron chi connectivity index (χ3n) is 10.4. The average Bonchev–Trinajstić information content (AvgIpc) is 3.10. The lowest BCUT2D eigenvalue weighted by Crippen LogP contribution is -2.51. The van der Waals surface area contributed by atoms with Crippen molar-refractivity contribution >= 4 is 9.84 Å². The highest BCUT2D eigenvalue weighted by Crippen LogP contribution is 2.67. The third kappa shape index (κ3) is 3.60. The highest BCUT2D eigenvalue weighted by molar-refractivity contribution is 7.91. The van der Waals surface area contributed by atoms with E-state index in [0.29, 0.717) is 16.7 Å². The number of allylic oxidation sites excluding steroid dienone is 1. The number of aliphatic hydroxyl groups is 1. The summed E-state index contributed by atoms with van der Waals surface area (Å²) in [4.78, 5) is 0.467. The zero-order valence-electron chi connectivity index (χ0n) is 20.0. The molecule has 0 bridgehead atoms. The predicted molar refractivity (Wildman–Crippen MR) is 129 cm³/mol. The van der Waals surface area contributed by atoms with Crippen molar-refractivity contribution in [1.82, 2.24) is 0 Å². The van der Waals surface area contributed by atoms with Crippen LogP contribution in [-0.4, -0.2) is 24.9 Å². The minimum atomic E-state index is -3.21. The lowest BCUT2D eigenvalue weighted by Gasteiger charge is -2.59. The number of hydrogen-bond donors (Lipinski definition) is 1. The van der Waals surface area contributed by atoms with E-state index in [2.05, 4.69) is 19.9 Å². The SMILES string of the molecule is C[C@]1(O)CC[C@@]2(C)C(=CC[C@H]3[C@@H]4CC[C@H](CCS(=O)(=O)c5ccccc5)[C@@]4(C)CC[C@@H]32)C1. The van der Waals surface area contributed by atoms with Crippen LogP contribution in [0.2, 0.25) is 0 Å². The van der Waals surface area contributed by atoms with Crippen molar-refractivity contribution in [2.75, 3.05) is 5.75 Å². The second kappa shape index (κ2) is 7.70. The maximum Gasteiger partial charge on any atom is 0.178 e. The van der Waals surface area contributed by atoms with Crippen LogP contribution in [0.1, 0.15) is 78.6 Å². The Kier molecular flexibility index (Phi) is 5.45. The van der Waals surface area contributed by atoms with E-state index in [1.807, 2.05) is 25.1 Å². The first-order chi connectivity index (χ1) is 15.1. The molecule has 0 heterocycles. The molecule has 1 N–H and O–H groups in total. The van der Waals surface area contributed by atoms with Crippen LogP contribution in [-0.2, 0) is 9.84 Å². The van der Waals surface area contributed by atoms with E-state index in [-0.39, 0.29) is 16.6 Å². The van der Waals surface area contributed by atoms with Gasteiger partial charge in [-0.05, 0) is 111 Å². The maximum atomic E-state index is 12.9. The van der Waals surface area contributed by atoms with Gasteiger partial charge in [-0.3, -0.25) is 0 Å². The van der Waals surface area contributed by atoms with Crippen molar-refractivity contribution in [3.63, 3.8) is 0 Å². The molecule has 1 aromatic carbocycles. The largest absolute Gasteiger partial charge is 0.390 e. The van der Waals surface area contributed by atoms with Crippen molar-refractivity contribution in [2.24, 2.45) is 34.5 Å². The fourth-order valence-corrected chi connectivity index (χ4v) is 9.83. The molecule has 0 radical (unpaired) electrons. The van der Waals surface area contributed by atoms with Crippen LogP contribution in [0.5, 0.6) is 0 Å². The number of hydrogen-bond acceptors (Lipinski definition) is 3. The van der Waals surface area contributed by atoms with E-state index in [9.17, 15) is 13.5 Å². The van der Waals surface area contributed by atoms with Crippen LogP contribution in [0, 0.1) is 34.5 Å². The van der Waals surface area contributed by atoms with Gasteiger partial charge in [0.2, 0.25) is 0 Å². The molecule has 5 rings (SSSR count). The Morgan fingerprint density at radius 3 is 2.47 bits per heavy atom. The lowest BCUT2D eigenvalue weighted by atomic mass is 9.46. The molecule has 4 aliphatic carbocycles. The normalized spacial score (nSPS) is 43.7. The smallest absolute Gasteiger partial charge is 0.178 e. The van der Waals surface area contributed by atoms with Crippen molar-refractivity contribution in [3.8, 4) is 0 Å². The quantitative estimate of drug-likeness (QED) is 0.550. The van der Waals surface area contributed by atoms with Gasteiger partial charge in [0, 0.05) is 0 Å². The summed E-state index contributed by atoms with van der Waals surface area (Å²) in [6.45, 7) is 6.96. The first-order valence-corrected chi connectivity index (χ1v) is 14.4. The van der Waals surface area contributed by atoms with Gasteiger partial charge in [0.05, 0.1) is 16.2 Å². The maximum absolute atomic E-state index is 12.9. The Balaban J connectivity index is 1.33. The molecule has 1 aromatic rings. The van der Waals surface area contributed by atoms with E-state index in [1.165, 1.54) is 31.3 Å². The summed E-state index contributed by atoms with van der Waals surface area (Å²) >= 11 is 0. The Labute approximate surface area is 194 Å². The van der Waals surface area contributed by atoms with Gasteiger partial charge in [-0.2, -0.15) is 0 Å². The van der Waals surface area contributed by atoms with Crippen LogP contribution in [0.15, 0.2) is 46.9 Å². The summed E-state index contributed by atoms with van der Waals surface area (Å²) in [7, 11) is -3.21. The van der Waals surface area contributed by atoms with Gasteiger partial charge in [0.25, 0.3) is 0 Å². The van der Waals surface area contributed by atoms with Crippen LogP contribution in [0.3, 0.4) is 0 Å². The monoisotopic (exact) mass is 456 g/mol. The summed E-state index contributed by atoms with van der Waals surface area (Å²) < 4.78 is 25.8. The summed E-state index contributed by atoms with van der Waals surface area (Å²) in [5.74, 6) is 2.94. The minimum absolute atomic E-state index is 0.251. The average molecular weight is 457 g/mol. The Morgan fingerprint density at radius 2 is 1.72 bits per heavy atom. The second-order valence-corrected chi connectivity index (χ2v) is 14.3. The highest BCUT2D eigenvalue weighted by atomic mass is 32.2. The zero-order valence-corrected chi connectivity index (χ0v) is 20.8. The number of fused-ring (bicyclic) bond motifs is 5. The van der Waals surface area contributed by atoms with Gasteiger partial charge in [0.15, 0.2) is 9.84 Å². The summed E-state index contributed by atoms with van der Waals surface area (Å²) in [5.41, 5.74) is 1.50. The molecule has 3 fully saturated rings. The molecule has 4 heteroatoms. The van der Waals surface area contributed by atoms with Crippen LogP contribution >= 0.6 is 0 Å². The molecule has 4 aliphatic rings. The molecule has 176 valence electrons. The van der Waals surface area contributed by atoms with Crippen LogP contribution < -0.4 is 0 Å². The van der Waals surface area contributed by atoms with Gasteiger partial charge in [0.1, 0.15) is 0 Å². The van der Waals surface area contributed by atoms with E-state index in [1.54, 1.807) is 12.1 Å². The first kappa shape index (κ1) is 22.7. The zero-order chi connectivity index (χ0) is 22.8. The van der Waals surface area contributed by atoms with Crippen LogP contribution in [0.25, 0.3) is 0 Å². The first-order valence-electron chi connectivity index (χ1n) is 12.7. The molecule has 0 aromatic heterocycles. The number of sulfone groups is 1. The van der Waals surface area contributed by atoms with Gasteiger partial charge in [-0.25, -0.2) is 8.42 Å². The molecule has 3 nitrogen and oxygen atoms in total. The molecule has 7 atom stereocenters. The second-order valence-electron chi connectivity index (χ2n) is 12.2. The Hall–Kier alpha value is -1.13. The molecule has 0 amide bonds. The van der Waals surface area contributed by atoms with Crippen molar-refractivity contribution in [3.05, 3.63) is 42.0 Å². The topological polar surface area (TPSA) is 54.4 Å². The van der Waals surface area contributed by atoms with Crippen molar-refractivity contribution in [1.29, 1.82) is 0 Å². The highest BCUT2D eigenvalue weighted by Gasteiger charge is 2.59. The molecule has 0 aliphatic heterocycles. The van der Waals surface area contributed by atoms with Crippen molar-refractivity contribution in [2.45, 2.75) is 89.1 Å². The third-order valence-corrected chi connectivity index (χ3v) is 12.2. The van der Waals surface area contributed by atoms with E-state index < -0.39 is 15.4 Å². The van der Waals surface area contributed by atoms with E-state index in [0.717, 1.165) is 43.9 Å². The molecule has 0 saturated heterocycles. The minimum Gasteiger partial charge on any atom is -0.390 e. The molecule has 0 spiro atoms. The van der Waals surface area contributed by atoms with Crippen molar-refractivity contribution < 1.29 is 13.5 Å². The standard InChI is InChI=1S/C28H40O3S/c1-26(29)16-17-28(3)21(19-26)9-11-23-24-12-10-20(27(24,2)15-13-25(23)28)14-18-32(30,31)22-7-5-4-6-8-22/h4-9,20,23-25,29H,10-19H2,1-3H3/t20-,23+,24+,25+,26+,27-,28+/m1/s1. The van der Waals surface area contributed by atoms with E-state index >= 15 is 0 Å². The molecular formula is C28H40O3S. The Bertz CT molecular complexity index is 995. The lowest BCUT2D eigenvalue weighted by molar-refractivity contribution is -0.0654. The van der Waals surface area contributed by atoms with E-state index in [4.69, 9.17) is 0 Å². The molecule has 0 unspecified atom stereocenters.